The number of ether oxygens (including phenoxy) is 1. The molecular weight excluding hydrogens is 212 g/mol. The minimum absolute atomic E-state index is 0.249. The zero-order valence-electron chi connectivity index (χ0n) is 8.38. The molecule has 80 valence electrons. The molecule has 1 aromatic rings. The third-order valence-corrected chi connectivity index (χ3v) is 3.55. The molecule has 1 heterocycles. The quantitative estimate of drug-likeness (QED) is 0.768. The Morgan fingerprint density at radius 1 is 1.27 bits per heavy atom. The molecule has 0 spiro atoms. The largest absolute Gasteiger partial charge is 0.501 e. The number of benzene rings is 1. The molecule has 0 aliphatic carbocycles. The topological polar surface area (TPSA) is 43.4 Å². The van der Waals surface area contributed by atoms with Gasteiger partial charge in [-0.1, -0.05) is 12.1 Å². The van der Waals surface area contributed by atoms with Crippen LogP contribution < -0.4 is 0 Å². The van der Waals surface area contributed by atoms with Gasteiger partial charge in [-0.15, -0.1) is 0 Å². The van der Waals surface area contributed by atoms with Crippen molar-refractivity contribution in [1.82, 2.24) is 0 Å². The van der Waals surface area contributed by atoms with Gasteiger partial charge < -0.3 is 4.74 Å². The van der Waals surface area contributed by atoms with Crippen LogP contribution in [-0.4, -0.2) is 21.3 Å². The van der Waals surface area contributed by atoms with Gasteiger partial charge in [0.15, 0.2) is 9.84 Å². The molecule has 3 nitrogen and oxygen atoms in total. The summed E-state index contributed by atoms with van der Waals surface area (Å²) in [6.07, 6.45) is 4.85. The fourth-order valence-corrected chi connectivity index (χ4v) is 2.17. The molecule has 1 aliphatic rings. The summed E-state index contributed by atoms with van der Waals surface area (Å²) in [6, 6.07) is 6.94. The Hall–Kier alpha value is -1.29. The molecule has 0 N–H and O–H groups in total. The first-order valence-corrected chi connectivity index (χ1v) is 6.55. The Bertz CT molecular complexity index is 471. The van der Waals surface area contributed by atoms with Crippen LogP contribution in [0.15, 0.2) is 41.5 Å². The van der Waals surface area contributed by atoms with Gasteiger partial charge in [0.05, 0.1) is 17.8 Å². The van der Waals surface area contributed by atoms with Crippen LogP contribution >= 0.6 is 0 Å². The molecule has 0 aromatic heterocycles. The van der Waals surface area contributed by atoms with Crippen LogP contribution in [0.4, 0.5) is 0 Å². The van der Waals surface area contributed by atoms with Gasteiger partial charge in [0.25, 0.3) is 0 Å². The third-order valence-electron chi connectivity index (χ3n) is 2.42. The lowest BCUT2D eigenvalue weighted by atomic mass is 10.0. The van der Waals surface area contributed by atoms with E-state index in [1.165, 1.54) is 6.26 Å². The van der Waals surface area contributed by atoms with E-state index in [2.05, 4.69) is 0 Å². The highest BCUT2D eigenvalue weighted by atomic mass is 32.2. The summed E-state index contributed by atoms with van der Waals surface area (Å²) in [5.74, 6) is 0.249. The number of hydrogen-bond donors (Lipinski definition) is 0. The summed E-state index contributed by atoms with van der Waals surface area (Å²) in [4.78, 5) is 0.356. The van der Waals surface area contributed by atoms with Gasteiger partial charge >= 0.3 is 0 Å². The van der Waals surface area contributed by atoms with Crippen molar-refractivity contribution >= 4 is 9.84 Å². The average molecular weight is 224 g/mol. The summed E-state index contributed by atoms with van der Waals surface area (Å²) < 4.78 is 27.6. The van der Waals surface area contributed by atoms with E-state index in [0.29, 0.717) is 11.5 Å². The van der Waals surface area contributed by atoms with Crippen LogP contribution in [0.5, 0.6) is 0 Å². The zero-order chi connectivity index (χ0) is 10.9. The lowest BCUT2D eigenvalue weighted by Crippen LogP contribution is -2.00. The van der Waals surface area contributed by atoms with Crippen LogP contribution in [0.3, 0.4) is 0 Å². The van der Waals surface area contributed by atoms with Gasteiger partial charge in [0.1, 0.15) is 0 Å². The number of sulfone groups is 1. The van der Waals surface area contributed by atoms with Crippen molar-refractivity contribution in [2.75, 3.05) is 12.9 Å². The standard InChI is InChI=1S/C11H12O3S/c1-15(12,13)11-4-2-9(3-5-11)10-6-7-14-8-10/h2-7,10H,8H2,1H3. The Morgan fingerprint density at radius 3 is 2.40 bits per heavy atom. The maximum Gasteiger partial charge on any atom is 0.175 e. The van der Waals surface area contributed by atoms with Crippen molar-refractivity contribution in [1.29, 1.82) is 0 Å². The molecule has 2 rings (SSSR count). The van der Waals surface area contributed by atoms with E-state index in [4.69, 9.17) is 4.74 Å². The first-order chi connectivity index (χ1) is 7.07. The lowest BCUT2D eigenvalue weighted by molar-refractivity contribution is 0.269. The van der Waals surface area contributed by atoms with Gasteiger partial charge in [-0.2, -0.15) is 0 Å². The smallest absolute Gasteiger partial charge is 0.175 e. The lowest BCUT2D eigenvalue weighted by Gasteiger charge is -2.07. The second-order valence-corrected chi connectivity index (χ2v) is 5.63. The molecule has 15 heavy (non-hydrogen) atoms. The number of rotatable bonds is 2. The normalized spacial score (nSPS) is 20.2. The van der Waals surface area contributed by atoms with Crippen molar-refractivity contribution in [3.63, 3.8) is 0 Å². The average Bonchev–Trinajstić information content (AvgIpc) is 2.69. The predicted octanol–water partition coefficient (Wildman–Crippen LogP) is 1.72. The molecule has 1 atom stereocenters. The van der Waals surface area contributed by atoms with E-state index < -0.39 is 9.84 Å². The Kier molecular flexibility index (Phi) is 2.52. The van der Waals surface area contributed by atoms with Crippen molar-refractivity contribution < 1.29 is 13.2 Å². The van der Waals surface area contributed by atoms with Crippen molar-refractivity contribution in [3.05, 3.63) is 42.2 Å². The monoisotopic (exact) mass is 224 g/mol. The molecule has 0 bridgehead atoms. The molecule has 0 radical (unpaired) electrons. The highest BCUT2D eigenvalue weighted by Gasteiger charge is 2.14. The Labute approximate surface area is 89.3 Å². The van der Waals surface area contributed by atoms with E-state index in [0.717, 1.165) is 5.56 Å². The fourth-order valence-electron chi connectivity index (χ4n) is 1.53. The highest BCUT2D eigenvalue weighted by molar-refractivity contribution is 7.90. The van der Waals surface area contributed by atoms with Gasteiger partial charge in [0.2, 0.25) is 0 Å². The van der Waals surface area contributed by atoms with E-state index in [1.54, 1.807) is 18.4 Å². The zero-order valence-corrected chi connectivity index (χ0v) is 9.20. The molecule has 0 saturated carbocycles. The summed E-state index contributed by atoms with van der Waals surface area (Å²) in [5.41, 5.74) is 1.08. The summed E-state index contributed by atoms with van der Waals surface area (Å²) in [5, 5.41) is 0. The third kappa shape index (κ3) is 2.21. The van der Waals surface area contributed by atoms with E-state index in [9.17, 15) is 8.42 Å². The minimum atomic E-state index is -3.09. The molecule has 1 aliphatic heterocycles. The molecule has 0 fully saturated rings. The van der Waals surface area contributed by atoms with Crippen molar-refractivity contribution in [2.24, 2.45) is 0 Å². The van der Waals surface area contributed by atoms with Gasteiger partial charge in [-0.3, -0.25) is 0 Å². The second-order valence-electron chi connectivity index (χ2n) is 3.61. The predicted molar refractivity (Wildman–Crippen MR) is 57.4 cm³/mol. The molecular formula is C11H12O3S. The van der Waals surface area contributed by atoms with Gasteiger partial charge in [-0.05, 0) is 23.8 Å². The molecule has 1 unspecified atom stereocenters. The maximum atomic E-state index is 11.2. The summed E-state index contributed by atoms with van der Waals surface area (Å²) >= 11 is 0. The number of hydrogen-bond acceptors (Lipinski definition) is 3. The van der Waals surface area contributed by atoms with E-state index in [1.807, 2.05) is 18.2 Å². The van der Waals surface area contributed by atoms with E-state index >= 15 is 0 Å². The summed E-state index contributed by atoms with van der Waals surface area (Å²) in [6.45, 7) is 0.637. The van der Waals surface area contributed by atoms with Crippen molar-refractivity contribution in [2.45, 2.75) is 10.8 Å². The summed E-state index contributed by atoms with van der Waals surface area (Å²) in [7, 11) is -3.09. The van der Waals surface area contributed by atoms with Gasteiger partial charge in [0, 0.05) is 12.2 Å². The molecule has 4 heteroatoms. The van der Waals surface area contributed by atoms with Crippen LogP contribution in [-0.2, 0) is 14.6 Å². The molecule has 1 aromatic carbocycles. The molecule has 0 amide bonds. The fraction of sp³-hybridized carbons (Fsp3) is 0.273. The maximum absolute atomic E-state index is 11.2. The second kappa shape index (κ2) is 3.70. The highest BCUT2D eigenvalue weighted by Crippen LogP contribution is 2.23. The van der Waals surface area contributed by atoms with Crippen LogP contribution in [0.2, 0.25) is 0 Å². The SMILES string of the molecule is CS(=O)(=O)c1ccc(C2C=COC2)cc1. The Morgan fingerprint density at radius 2 is 1.93 bits per heavy atom. The first-order valence-electron chi connectivity index (χ1n) is 4.66. The van der Waals surface area contributed by atoms with Gasteiger partial charge in [-0.25, -0.2) is 8.42 Å². The Balaban J connectivity index is 2.28. The van der Waals surface area contributed by atoms with Crippen LogP contribution in [0.1, 0.15) is 11.5 Å². The minimum Gasteiger partial charge on any atom is -0.501 e. The van der Waals surface area contributed by atoms with E-state index in [-0.39, 0.29) is 5.92 Å². The van der Waals surface area contributed by atoms with Crippen molar-refractivity contribution in [3.8, 4) is 0 Å². The first kappa shape index (κ1) is 10.2. The van der Waals surface area contributed by atoms with Crippen LogP contribution in [0, 0.1) is 0 Å². The molecule has 0 saturated heterocycles. The van der Waals surface area contributed by atoms with Crippen LogP contribution in [0.25, 0.3) is 0 Å².